The van der Waals surface area contributed by atoms with Crippen molar-refractivity contribution in [1.82, 2.24) is 10.3 Å². The van der Waals surface area contributed by atoms with Gasteiger partial charge in [0.2, 0.25) is 5.88 Å². The fourth-order valence-corrected chi connectivity index (χ4v) is 2.57. The van der Waals surface area contributed by atoms with Gasteiger partial charge in [-0.25, -0.2) is 4.98 Å². The molecule has 0 fully saturated rings. The predicted molar refractivity (Wildman–Crippen MR) is 112 cm³/mol. The highest BCUT2D eigenvalue weighted by atomic mass is 16.6. The summed E-state index contributed by atoms with van der Waals surface area (Å²) in [7, 11) is 1.58. The molecule has 8 nitrogen and oxygen atoms in total. The highest BCUT2D eigenvalue weighted by molar-refractivity contribution is 5.99. The predicted octanol–water partition coefficient (Wildman–Crippen LogP) is 2.84. The molecule has 0 unspecified atom stereocenters. The maximum Gasteiger partial charge on any atom is 0.261 e. The van der Waals surface area contributed by atoms with E-state index in [0.29, 0.717) is 23.6 Å². The van der Waals surface area contributed by atoms with Crippen molar-refractivity contribution in [2.24, 2.45) is 10.9 Å². The molecule has 0 aliphatic rings. The molecule has 0 aliphatic heterocycles. The highest BCUT2D eigenvalue weighted by Crippen LogP contribution is 2.22. The fraction of sp³-hybridized carbons (Fsp3) is 0.136. The summed E-state index contributed by atoms with van der Waals surface area (Å²) in [6.45, 7) is 0.0219. The number of amidine groups is 1. The lowest BCUT2D eigenvalue weighted by Gasteiger charge is -2.10. The number of aromatic nitrogens is 1. The minimum atomic E-state index is -0.343. The number of para-hydroxylation sites is 2. The Morgan fingerprint density at radius 3 is 2.63 bits per heavy atom. The van der Waals surface area contributed by atoms with Gasteiger partial charge in [0.05, 0.1) is 12.7 Å². The number of pyridine rings is 1. The van der Waals surface area contributed by atoms with Crippen LogP contribution < -0.4 is 20.5 Å². The van der Waals surface area contributed by atoms with Crippen LogP contribution in [0.15, 0.2) is 78.1 Å². The number of hydrogen-bond donors (Lipinski definition) is 2. The number of nitrogens with zero attached hydrogens (tertiary/aromatic N) is 2. The number of hydrogen-bond acceptors (Lipinski definition) is 6. The van der Waals surface area contributed by atoms with Crippen molar-refractivity contribution in [3.05, 3.63) is 84.1 Å². The van der Waals surface area contributed by atoms with E-state index in [0.717, 1.165) is 5.56 Å². The molecule has 8 heteroatoms. The number of carbonyl (C=O) groups excluding carboxylic acids is 1. The van der Waals surface area contributed by atoms with Gasteiger partial charge in [-0.05, 0) is 30.3 Å². The van der Waals surface area contributed by atoms with E-state index in [1.807, 2.05) is 42.5 Å². The molecule has 2 aromatic carbocycles. The zero-order chi connectivity index (χ0) is 21.2. The Balaban J connectivity index is 1.56. The number of carbonyl (C=O) groups is 1. The molecule has 0 bridgehead atoms. The standard InChI is InChI=1S/C22H22N4O4/c1-28-19-12-6-5-8-16(19)14-25-20(27)15-29-26-21(23)18-11-7-13-24-22(18)30-17-9-3-2-4-10-17/h2-13H,14-15H2,1H3,(H2,23,26)(H,25,27). The van der Waals surface area contributed by atoms with Crippen molar-refractivity contribution in [2.75, 3.05) is 13.7 Å². The number of amides is 1. The maximum absolute atomic E-state index is 12.0. The molecule has 3 rings (SSSR count). The Labute approximate surface area is 174 Å². The largest absolute Gasteiger partial charge is 0.496 e. The Bertz CT molecular complexity index is 1010. The van der Waals surface area contributed by atoms with Crippen LogP contribution in [0.1, 0.15) is 11.1 Å². The summed E-state index contributed by atoms with van der Waals surface area (Å²) in [5.74, 6) is 1.30. The van der Waals surface area contributed by atoms with Crippen molar-refractivity contribution in [3.8, 4) is 17.4 Å². The van der Waals surface area contributed by atoms with Crippen molar-refractivity contribution < 1.29 is 19.1 Å². The van der Waals surface area contributed by atoms with Gasteiger partial charge < -0.3 is 25.4 Å². The first-order valence-electron chi connectivity index (χ1n) is 9.19. The van der Waals surface area contributed by atoms with Crippen LogP contribution in [0.5, 0.6) is 17.4 Å². The van der Waals surface area contributed by atoms with Gasteiger partial charge in [0.1, 0.15) is 11.5 Å². The van der Waals surface area contributed by atoms with Crippen LogP contribution in [0.25, 0.3) is 0 Å². The van der Waals surface area contributed by atoms with E-state index in [1.165, 1.54) is 0 Å². The summed E-state index contributed by atoms with van der Waals surface area (Å²) in [6, 6.07) is 20.0. The average molecular weight is 406 g/mol. The van der Waals surface area contributed by atoms with E-state index in [4.69, 9.17) is 20.0 Å². The zero-order valence-electron chi connectivity index (χ0n) is 16.4. The second kappa shape index (κ2) is 10.5. The van der Waals surface area contributed by atoms with E-state index < -0.39 is 0 Å². The normalized spacial score (nSPS) is 10.9. The number of rotatable bonds is 9. The topological polar surface area (TPSA) is 108 Å². The number of ether oxygens (including phenoxy) is 2. The summed E-state index contributed by atoms with van der Waals surface area (Å²) in [6.07, 6.45) is 1.58. The summed E-state index contributed by atoms with van der Waals surface area (Å²) in [5.41, 5.74) is 7.31. The maximum atomic E-state index is 12.0. The SMILES string of the molecule is COc1ccccc1CNC(=O)CO/N=C(/N)c1cccnc1Oc1ccccc1. The Morgan fingerprint density at radius 1 is 1.07 bits per heavy atom. The van der Waals surface area contributed by atoms with E-state index in [-0.39, 0.29) is 24.2 Å². The van der Waals surface area contributed by atoms with Crippen LogP contribution in [-0.4, -0.2) is 30.4 Å². The fourth-order valence-electron chi connectivity index (χ4n) is 2.57. The number of nitrogens with one attached hydrogen (secondary N) is 1. The third-order valence-corrected chi connectivity index (χ3v) is 4.03. The van der Waals surface area contributed by atoms with Crippen LogP contribution in [0.2, 0.25) is 0 Å². The van der Waals surface area contributed by atoms with Crippen LogP contribution in [-0.2, 0) is 16.2 Å². The summed E-state index contributed by atoms with van der Waals surface area (Å²) in [5, 5.41) is 6.55. The lowest BCUT2D eigenvalue weighted by Crippen LogP contribution is -2.27. The van der Waals surface area contributed by atoms with Gasteiger partial charge in [0.15, 0.2) is 12.4 Å². The third-order valence-electron chi connectivity index (χ3n) is 4.03. The van der Waals surface area contributed by atoms with Crippen molar-refractivity contribution in [3.63, 3.8) is 0 Å². The first-order valence-corrected chi connectivity index (χ1v) is 9.19. The molecule has 3 aromatic rings. The number of nitrogens with two attached hydrogens (primary N) is 1. The van der Waals surface area contributed by atoms with Gasteiger partial charge in [-0.3, -0.25) is 4.79 Å². The van der Waals surface area contributed by atoms with Crippen LogP contribution in [0.4, 0.5) is 0 Å². The molecule has 0 saturated carbocycles. The number of methoxy groups -OCH3 is 1. The van der Waals surface area contributed by atoms with Crippen LogP contribution >= 0.6 is 0 Å². The molecule has 0 radical (unpaired) electrons. The minimum Gasteiger partial charge on any atom is -0.496 e. The number of benzene rings is 2. The van der Waals surface area contributed by atoms with E-state index in [9.17, 15) is 4.79 Å². The van der Waals surface area contributed by atoms with Crippen molar-refractivity contribution in [1.29, 1.82) is 0 Å². The van der Waals surface area contributed by atoms with Crippen molar-refractivity contribution in [2.45, 2.75) is 6.54 Å². The molecule has 0 aliphatic carbocycles. The Hall–Kier alpha value is -4.07. The summed E-state index contributed by atoms with van der Waals surface area (Å²) in [4.78, 5) is 21.3. The Kier molecular flexibility index (Phi) is 7.21. The van der Waals surface area contributed by atoms with Gasteiger partial charge in [-0.15, -0.1) is 0 Å². The first kappa shape index (κ1) is 20.7. The Morgan fingerprint density at radius 2 is 1.83 bits per heavy atom. The average Bonchev–Trinajstić information content (AvgIpc) is 2.79. The molecular formula is C22H22N4O4. The zero-order valence-corrected chi connectivity index (χ0v) is 16.4. The monoisotopic (exact) mass is 406 g/mol. The van der Waals surface area contributed by atoms with E-state index >= 15 is 0 Å². The molecule has 1 heterocycles. The summed E-state index contributed by atoms with van der Waals surface area (Å²) >= 11 is 0. The molecule has 154 valence electrons. The smallest absolute Gasteiger partial charge is 0.261 e. The number of oxime groups is 1. The molecule has 1 aromatic heterocycles. The van der Waals surface area contributed by atoms with Gasteiger partial charge in [0.25, 0.3) is 5.91 Å². The van der Waals surface area contributed by atoms with Gasteiger partial charge >= 0.3 is 0 Å². The lowest BCUT2D eigenvalue weighted by molar-refractivity contribution is -0.125. The molecule has 0 spiro atoms. The van der Waals surface area contributed by atoms with Gasteiger partial charge in [-0.1, -0.05) is 41.6 Å². The highest BCUT2D eigenvalue weighted by Gasteiger charge is 2.11. The summed E-state index contributed by atoms with van der Waals surface area (Å²) < 4.78 is 11.0. The van der Waals surface area contributed by atoms with Crippen molar-refractivity contribution >= 4 is 11.7 Å². The second-order valence-corrected chi connectivity index (χ2v) is 6.11. The molecule has 1 amide bonds. The molecule has 30 heavy (non-hydrogen) atoms. The van der Waals surface area contributed by atoms with Crippen LogP contribution in [0.3, 0.4) is 0 Å². The first-order chi connectivity index (χ1) is 14.7. The molecule has 0 saturated heterocycles. The van der Waals surface area contributed by atoms with Gasteiger partial charge in [0, 0.05) is 18.3 Å². The molecule has 3 N–H and O–H groups in total. The second-order valence-electron chi connectivity index (χ2n) is 6.11. The molecule has 0 atom stereocenters. The third kappa shape index (κ3) is 5.71. The van der Waals surface area contributed by atoms with E-state index in [2.05, 4.69) is 15.5 Å². The van der Waals surface area contributed by atoms with Crippen LogP contribution in [0, 0.1) is 0 Å². The lowest BCUT2D eigenvalue weighted by atomic mass is 10.2. The minimum absolute atomic E-state index is 0.0477. The van der Waals surface area contributed by atoms with Gasteiger partial charge in [-0.2, -0.15) is 0 Å². The van der Waals surface area contributed by atoms with E-state index in [1.54, 1.807) is 37.6 Å². The quantitative estimate of drug-likeness (QED) is 0.321. The molecular weight excluding hydrogens is 384 g/mol.